The summed E-state index contributed by atoms with van der Waals surface area (Å²) in [6, 6.07) is 6.31. The summed E-state index contributed by atoms with van der Waals surface area (Å²) in [5, 5.41) is 7.87. The Morgan fingerprint density at radius 1 is 1.18 bits per heavy atom. The number of primary sulfonamides is 1. The van der Waals surface area contributed by atoms with Crippen molar-refractivity contribution in [3.8, 4) is 0 Å². The fourth-order valence-corrected chi connectivity index (χ4v) is 3.07. The van der Waals surface area contributed by atoms with E-state index in [0.29, 0.717) is 16.8 Å². The number of carbonyl (C=O) groups is 1. The van der Waals surface area contributed by atoms with Gasteiger partial charge < -0.3 is 10.3 Å². The molecule has 0 unspecified atom stereocenters. The minimum atomic E-state index is -3.82. The van der Waals surface area contributed by atoms with Crippen molar-refractivity contribution in [2.24, 2.45) is 5.14 Å². The lowest BCUT2D eigenvalue weighted by Gasteiger charge is -2.02. The second-order valence-corrected chi connectivity index (χ2v) is 6.87. The molecule has 2 heterocycles. The van der Waals surface area contributed by atoms with E-state index in [4.69, 9.17) is 5.14 Å². The SMILES string of the molecule is Cc1cc(C)c(C=C2C(=O)Nc3ccc(S(N)(=O)=O)cc32)[nH]1. The van der Waals surface area contributed by atoms with Gasteiger partial charge in [0.2, 0.25) is 10.0 Å². The molecule has 1 amide bonds. The number of benzene rings is 1. The molecule has 1 aliphatic heterocycles. The van der Waals surface area contributed by atoms with E-state index in [0.717, 1.165) is 17.0 Å². The van der Waals surface area contributed by atoms with Crippen LogP contribution in [0.25, 0.3) is 11.6 Å². The molecule has 6 nitrogen and oxygen atoms in total. The van der Waals surface area contributed by atoms with Gasteiger partial charge in [-0.15, -0.1) is 0 Å². The first-order chi connectivity index (χ1) is 10.3. The molecule has 22 heavy (non-hydrogen) atoms. The van der Waals surface area contributed by atoms with Crippen LogP contribution in [0.4, 0.5) is 5.69 Å². The molecule has 114 valence electrons. The number of carbonyl (C=O) groups excluding carboxylic acids is 1. The molecule has 0 aliphatic carbocycles. The van der Waals surface area contributed by atoms with E-state index in [1.807, 2.05) is 19.9 Å². The summed E-state index contributed by atoms with van der Waals surface area (Å²) in [6.07, 6.45) is 1.72. The molecule has 2 aromatic rings. The number of fused-ring (bicyclic) bond motifs is 1. The molecule has 0 fully saturated rings. The van der Waals surface area contributed by atoms with Crippen LogP contribution in [0.2, 0.25) is 0 Å². The van der Waals surface area contributed by atoms with Crippen LogP contribution in [-0.4, -0.2) is 19.3 Å². The molecule has 0 saturated heterocycles. The highest BCUT2D eigenvalue weighted by Gasteiger charge is 2.26. The van der Waals surface area contributed by atoms with Gasteiger partial charge in [-0.1, -0.05) is 0 Å². The molecule has 1 aromatic carbocycles. The zero-order chi connectivity index (χ0) is 16.1. The van der Waals surface area contributed by atoms with Crippen LogP contribution in [-0.2, 0) is 14.8 Å². The smallest absolute Gasteiger partial charge is 0.256 e. The maximum Gasteiger partial charge on any atom is 0.256 e. The number of H-pyrrole nitrogens is 1. The summed E-state index contributed by atoms with van der Waals surface area (Å²) in [4.78, 5) is 15.3. The van der Waals surface area contributed by atoms with Crippen molar-refractivity contribution in [1.29, 1.82) is 0 Å². The maximum atomic E-state index is 12.1. The monoisotopic (exact) mass is 317 g/mol. The van der Waals surface area contributed by atoms with Gasteiger partial charge in [-0.3, -0.25) is 4.79 Å². The molecule has 0 bridgehead atoms. The number of hydrogen-bond donors (Lipinski definition) is 3. The fraction of sp³-hybridized carbons (Fsp3) is 0.133. The second-order valence-electron chi connectivity index (χ2n) is 5.31. The Hall–Kier alpha value is -2.38. The van der Waals surface area contributed by atoms with E-state index in [9.17, 15) is 13.2 Å². The Labute approximate surface area is 128 Å². The largest absolute Gasteiger partial charge is 0.359 e. The Balaban J connectivity index is 2.16. The fourth-order valence-electron chi connectivity index (χ4n) is 2.53. The number of aryl methyl sites for hydroxylation is 2. The molecule has 0 spiro atoms. The molecule has 1 aliphatic rings. The molecule has 0 saturated carbocycles. The standard InChI is InChI=1S/C15H15N3O3S/c1-8-5-9(2)17-14(8)7-12-11-6-10(22(16,20)21)3-4-13(11)18-15(12)19/h3-7,17H,1-2H3,(H,18,19)(H2,16,20,21). The average molecular weight is 317 g/mol. The highest BCUT2D eigenvalue weighted by molar-refractivity contribution is 7.89. The number of sulfonamides is 1. The first-order valence-electron chi connectivity index (χ1n) is 6.62. The number of anilines is 1. The third-order valence-electron chi connectivity index (χ3n) is 3.58. The van der Waals surface area contributed by atoms with Crippen LogP contribution in [0, 0.1) is 13.8 Å². The highest BCUT2D eigenvalue weighted by atomic mass is 32.2. The number of rotatable bonds is 2. The quantitative estimate of drug-likeness (QED) is 0.735. The first-order valence-corrected chi connectivity index (χ1v) is 8.17. The molecule has 0 radical (unpaired) electrons. The normalized spacial score (nSPS) is 16.0. The van der Waals surface area contributed by atoms with E-state index >= 15 is 0 Å². The van der Waals surface area contributed by atoms with Gasteiger partial charge >= 0.3 is 0 Å². The zero-order valence-electron chi connectivity index (χ0n) is 12.1. The number of amides is 1. The van der Waals surface area contributed by atoms with Gasteiger partial charge in [0.05, 0.1) is 10.5 Å². The summed E-state index contributed by atoms with van der Waals surface area (Å²) in [6.45, 7) is 3.86. The van der Waals surface area contributed by atoms with Gasteiger partial charge in [0.15, 0.2) is 0 Å². The van der Waals surface area contributed by atoms with E-state index in [1.54, 1.807) is 12.1 Å². The molecule has 4 N–H and O–H groups in total. The number of nitrogens with one attached hydrogen (secondary N) is 2. The van der Waals surface area contributed by atoms with Gasteiger partial charge in [-0.25, -0.2) is 13.6 Å². The highest BCUT2D eigenvalue weighted by Crippen LogP contribution is 2.34. The van der Waals surface area contributed by atoms with Crippen LogP contribution in [0.3, 0.4) is 0 Å². The lowest BCUT2D eigenvalue weighted by atomic mass is 10.1. The van der Waals surface area contributed by atoms with Crippen LogP contribution in [0.5, 0.6) is 0 Å². The molecule has 0 atom stereocenters. The Morgan fingerprint density at radius 2 is 1.91 bits per heavy atom. The minimum absolute atomic E-state index is 0.0203. The molecular formula is C15H15N3O3S. The maximum absolute atomic E-state index is 12.1. The lowest BCUT2D eigenvalue weighted by molar-refractivity contribution is -0.110. The summed E-state index contributed by atoms with van der Waals surface area (Å²) >= 11 is 0. The Bertz CT molecular complexity index is 924. The van der Waals surface area contributed by atoms with Gasteiger partial charge in [0.25, 0.3) is 5.91 Å². The van der Waals surface area contributed by atoms with Crippen molar-refractivity contribution in [2.75, 3.05) is 5.32 Å². The van der Waals surface area contributed by atoms with E-state index in [1.165, 1.54) is 12.1 Å². The van der Waals surface area contributed by atoms with Crippen molar-refractivity contribution in [3.63, 3.8) is 0 Å². The van der Waals surface area contributed by atoms with Gasteiger partial charge in [-0.2, -0.15) is 0 Å². The predicted molar refractivity (Wildman–Crippen MR) is 84.6 cm³/mol. The number of aromatic amines is 1. The van der Waals surface area contributed by atoms with Crippen LogP contribution >= 0.6 is 0 Å². The topological polar surface area (TPSA) is 105 Å². The average Bonchev–Trinajstić information content (AvgIpc) is 2.89. The van der Waals surface area contributed by atoms with Crippen molar-refractivity contribution in [1.82, 2.24) is 4.98 Å². The molecule has 3 rings (SSSR count). The summed E-state index contributed by atoms with van der Waals surface area (Å²) in [5.41, 5.74) is 4.32. The summed E-state index contributed by atoms with van der Waals surface area (Å²) in [7, 11) is -3.82. The number of nitrogens with two attached hydrogens (primary N) is 1. The predicted octanol–water partition coefficient (Wildman–Crippen LogP) is 1.77. The first kappa shape index (κ1) is 14.6. The van der Waals surface area contributed by atoms with Crippen LogP contribution in [0.15, 0.2) is 29.2 Å². The van der Waals surface area contributed by atoms with E-state index in [-0.39, 0.29) is 10.8 Å². The Kier molecular flexibility index (Phi) is 3.19. The molecular weight excluding hydrogens is 302 g/mol. The second kappa shape index (κ2) is 4.82. The van der Waals surface area contributed by atoms with Crippen molar-refractivity contribution in [2.45, 2.75) is 18.7 Å². The van der Waals surface area contributed by atoms with Crippen LogP contribution < -0.4 is 10.5 Å². The summed E-state index contributed by atoms with van der Waals surface area (Å²) < 4.78 is 23.0. The Morgan fingerprint density at radius 3 is 2.50 bits per heavy atom. The lowest BCUT2D eigenvalue weighted by Crippen LogP contribution is -2.12. The number of hydrogen-bond acceptors (Lipinski definition) is 3. The van der Waals surface area contributed by atoms with Gasteiger partial charge in [-0.05, 0) is 49.8 Å². The minimum Gasteiger partial charge on any atom is -0.359 e. The van der Waals surface area contributed by atoms with Crippen molar-refractivity contribution >= 4 is 33.3 Å². The van der Waals surface area contributed by atoms with E-state index in [2.05, 4.69) is 10.3 Å². The summed E-state index contributed by atoms with van der Waals surface area (Å²) in [5.74, 6) is -0.270. The third-order valence-corrected chi connectivity index (χ3v) is 4.49. The van der Waals surface area contributed by atoms with Crippen molar-refractivity contribution < 1.29 is 13.2 Å². The molecule has 7 heteroatoms. The van der Waals surface area contributed by atoms with Crippen molar-refractivity contribution in [3.05, 3.63) is 46.8 Å². The zero-order valence-corrected chi connectivity index (χ0v) is 12.9. The third kappa shape index (κ3) is 2.44. The van der Waals surface area contributed by atoms with E-state index < -0.39 is 10.0 Å². The number of aromatic nitrogens is 1. The molecule has 1 aromatic heterocycles. The van der Waals surface area contributed by atoms with Gasteiger partial charge in [0.1, 0.15) is 0 Å². The van der Waals surface area contributed by atoms with Gasteiger partial charge in [0, 0.05) is 22.6 Å². The van der Waals surface area contributed by atoms with Crippen LogP contribution in [0.1, 0.15) is 22.5 Å².